The van der Waals surface area contributed by atoms with Crippen LogP contribution in [0.15, 0.2) is 11.6 Å². The fourth-order valence-electron chi connectivity index (χ4n) is 2.44. The highest BCUT2D eigenvalue weighted by Gasteiger charge is 2.39. The first-order valence-electron chi connectivity index (χ1n) is 4.97. The molecule has 0 radical (unpaired) electrons. The lowest BCUT2D eigenvalue weighted by molar-refractivity contribution is 0.0268. The van der Waals surface area contributed by atoms with Crippen molar-refractivity contribution >= 4 is 0 Å². The predicted octanol–water partition coefficient (Wildman–Crippen LogP) is 1.58. The fourth-order valence-corrected chi connectivity index (χ4v) is 2.44. The van der Waals surface area contributed by atoms with Crippen molar-refractivity contribution in [2.45, 2.75) is 27.2 Å². The van der Waals surface area contributed by atoms with Crippen molar-refractivity contribution in [2.24, 2.45) is 17.3 Å². The van der Waals surface area contributed by atoms with E-state index in [1.807, 2.05) is 6.92 Å². The lowest BCUT2D eigenvalue weighted by atomic mass is 9.65. The molecule has 1 aliphatic carbocycles. The molecule has 0 heterocycles. The molecule has 2 unspecified atom stereocenters. The van der Waals surface area contributed by atoms with E-state index >= 15 is 0 Å². The second kappa shape index (κ2) is 3.81. The Labute approximate surface area is 80.3 Å². The van der Waals surface area contributed by atoms with Crippen LogP contribution in [0.5, 0.6) is 0 Å². The smallest absolute Gasteiger partial charge is 0.0549 e. The molecule has 2 atom stereocenters. The first kappa shape index (κ1) is 10.7. The number of rotatable bonds is 2. The molecule has 0 aromatic heterocycles. The average Bonchev–Trinajstić information content (AvgIpc) is 2.05. The summed E-state index contributed by atoms with van der Waals surface area (Å²) in [7, 11) is 0. The Morgan fingerprint density at radius 1 is 1.38 bits per heavy atom. The molecule has 1 aliphatic rings. The summed E-state index contributed by atoms with van der Waals surface area (Å²) in [5, 5.41) is 18.7. The second-order valence-electron chi connectivity index (χ2n) is 4.44. The van der Waals surface area contributed by atoms with Crippen LogP contribution >= 0.6 is 0 Å². The van der Waals surface area contributed by atoms with Crippen LogP contribution in [0.4, 0.5) is 0 Å². The normalized spacial score (nSPS) is 32.8. The van der Waals surface area contributed by atoms with E-state index in [9.17, 15) is 10.2 Å². The van der Waals surface area contributed by atoms with Gasteiger partial charge < -0.3 is 10.2 Å². The van der Waals surface area contributed by atoms with Gasteiger partial charge in [0.15, 0.2) is 0 Å². The van der Waals surface area contributed by atoms with E-state index < -0.39 is 0 Å². The van der Waals surface area contributed by atoms with Crippen LogP contribution in [0.2, 0.25) is 0 Å². The van der Waals surface area contributed by atoms with Crippen LogP contribution < -0.4 is 0 Å². The van der Waals surface area contributed by atoms with Crippen molar-refractivity contribution in [3.05, 3.63) is 11.6 Å². The van der Waals surface area contributed by atoms with Crippen molar-refractivity contribution in [1.82, 2.24) is 0 Å². The van der Waals surface area contributed by atoms with Gasteiger partial charge in [-0.3, -0.25) is 0 Å². The van der Waals surface area contributed by atoms with Crippen LogP contribution in [0.25, 0.3) is 0 Å². The third kappa shape index (κ3) is 1.65. The van der Waals surface area contributed by atoms with E-state index in [0.717, 1.165) is 12.0 Å². The Morgan fingerprint density at radius 3 is 2.31 bits per heavy atom. The molecule has 0 aromatic rings. The van der Waals surface area contributed by atoms with Gasteiger partial charge in [-0.1, -0.05) is 25.5 Å². The average molecular weight is 184 g/mol. The van der Waals surface area contributed by atoms with Gasteiger partial charge in [0.05, 0.1) is 13.2 Å². The summed E-state index contributed by atoms with van der Waals surface area (Å²) in [4.78, 5) is 0. The molecule has 0 amide bonds. The molecule has 2 heteroatoms. The predicted molar refractivity (Wildman–Crippen MR) is 53.3 cm³/mol. The molecule has 2 nitrogen and oxygen atoms in total. The lowest BCUT2D eigenvalue weighted by Crippen LogP contribution is -2.41. The molecule has 0 aromatic carbocycles. The third-order valence-corrected chi connectivity index (χ3v) is 3.55. The maximum Gasteiger partial charge on any atom is 0.0549 e. The molecule has 0 saturated heterocycles. The third-order valence-electron chi connectivity index (χ3n) is 3.55. The van der Waals surface area contributed by atoms with Crippen LogP contribution in [0, 0.1) is 17.3 Å². The van der Waals surface area contributed by atoms with Gasteiger partial charge in [0.1, 0.15) is 0 Å². The highest BCUT2D eigenvalue weighted by atomic mass is 16.3. The van der Waals surface area contributed by atoms with E-state index in [-0.39, 0.29) is 18.6 Å². The van der Waals surface area contributed by atoms with Gasteiger partial charge >= 0.3 is 0 Å². The molecule has 13 heavy (non-hydrogen) atoms. The lowest BCUT2D eigenvalue weighted by Gasteiger charge is -2.42. The monoisotopic (exact) mass is 184 g/mol. The van der Waals surface area contributed by atoms with E-state index in [2.05, 4.69) is 19.9 Å². The minimum absolute atomic E-state index is 0.0553. The molecule has 2 N–H and O–H groups in total. The summed E-state index contributed by atoms with van der Waals surface area (Å²) < 4.78 is 0. The van der Waals surface area contributed by atoms with Crippen molar-refractivity contribution < 1.29 is 10.2 Å². The van der Waals surface area contributed by atoms with E-state index in [1.165, 1.54) is 0 Å². The Bertz CT molecular complexity index is 204. The Balaban J connectivity index is 2.99. The maximum absolute atomic E-state index is 9.37. The summed E-state index contributed by atoms with van der Waals surface area (Å²) >= 11 is 0. The fraction of sp³-hybridized carbons (Fsp3) is 0.818. The number of allylic oxidation sites excluding steroid dienone is 1. The van der Waals surface area contributed by atoms with Gasteiger partial charge in [-0.2, -0.15) is 0 Å². The zero-order valence-corrected chi connectivity index (χ0v) is 8.75. The molecular weight excluding hydrogens is 164 g/mol. The van der Waals surface area contributed by atoms with Crippen molar-refractivity contribution in [3.63, 3.8) is 0 Å². The van der Waals surface area contributed by atoms with Gasteiger partial charge in [-0.15, -0.1) is 0 Å². The number of aliphatic hydroxyl groups excluding tert-OH is 2. The highest BCUT2D eigenvalue weighted by Crippen LogP contribution is 2.42. The van der Waals surface area contributed by atoms with E-state index in [4.69, 9.17) is 0 Å². The minimum Gasteiger partial charge on any atom is -0.395 e. The summed E-state index contributed by atoms with van der Waals surface area (Å²) in [6.07, 6.45) is 3.23. The highest BCUT2D eigenvalue weighted by molar-refractivity contribution is 5.19. The number of aliphatic hydroxyl groups is 2. The topological polar surface area (TPSA) is 40.5 Å². The second-order valence-corrected chi connectivity index (χ2v) is 4.44. The summed E-state index contributed by atoms with van der Waals surface area (Å²) in [5.41, 5.74) is 0.774. The molecular formula is C11H20O2. The quantitative estimate of drug-likeness (QED) is 0.640. The Morgan fingerprint density at radius 2 is 1.92 bits per heavy atom. The van der Waals surface area contributed by atoms with Gasteiger partial charge in [0.25, 0.3) is 0 Å². The standard InChI is InChI=1S/C11H20O2/c1-8-4-9(2)11(6-12,7-13)10(3)5-8/h4,8,10,12-13H,5-7H2,1-3H3. The molecule has 0 fully saturated rings. The Kier molecular flexibility index (Phi) is 3.14. The molecule has 0 bridgehead atoms. The van der Waals surface area contributed by atoms with Crippen molar-refractivity contribution in [1.29, 1.82) is 0 Å². The number of hydrogen-bond donors (Lipinski definition) is 2. The van der Waals surface area contributed by atoms with Gasteiger partial charge in [0, 0.05) is 5.41 Å². The van der Waals surface area contributed by atoms with E-state index in [1.54, 1.807) is 0 Å². The Hall–Kier alpha value is -0.340. The summed E-state index contributed by atoms with van der Waals surface area (Å²) in [6, 6.07) is 0. The summed E-state index contributed by atoms with van der Waals surface area (Å²) in [5.74, 6) is 0.934. The SMILES string of the molecule is CC1=CC(C)CC(C)C1(CO)CO. The van der Waals surface area contributed by atoms with Crippen molar-refractivity contribution in [2.75, 3.05) is 13.2 Å². The van der Waals surface area contributed by atoms with Crippen LogP contribution in [-0.4, -0.2) is 23.4 Å². The maximum atomic E-state index is 9.37. The zero-order chi connectivity index (χ0) is 10.1. The van der Waals surface area contributed by atoms with Crippen LogP contribution in [0.3, 0.4) is 0 Å². The molecule has 0 aliphatic heterocycles. The van der Waals surface area contributed by atoms with E-state index in [0.29, 0.717) is 11.8 Å². The van der Waals surface area contributed by atoms with Gasteiger partial charge in [-0.25, -0.2) is 0 Å². The van der Waals surface area contributed by atoms with Crippen LogP contribution in [0.1, 0.15) is 27.2 Å². The number of hydrogen-bond acceptors (Lipinski definition) is 2. The minimum atomic E-state index is -0.369. The van der Waals surface area contributed by atoms with Gasteiger partial charge in [0.2, 0.25) is 0 Å². The largest absolute Gasteiger partial charge is 0.395 e. The molecule has 0 saturated carbocycles. The molecule has 0 spiro atoms. The summed E-state index contributed by atoms with van der Waals surface area (Å²) in [6.45, 7) is 6.41. The van der Waals surface area contributed by atoms with Crippen molar-refractivity contribution in [3.8, 4) is 0 Å². The molecule has 76 valence electrons. The molecule has 1 rings (SSSR count). The first-order chi connectivity index (χ1) is 6.06. The van der Waals surface area contributed by atoms with Gasteiger partial charge in [-0.05, 0) is 25.2 Å². The zero-order valence-electron chi connectivity index (χ0n) is 8.75. The first-order valence-corrected chi connectivity index (χ1v) is 4.97. The van der Waals surface area contributed by atoms with Crippen LogP contribution in [-0.2, 0) is 0 Å².